The van der Waals surface area contributed by atoms with Crippen molar-refractivity contribution in [1.82, 2.24) is 9.88 Å². The van der Waals surface area contributed by atoms with Crippen molar-refractivity contribution >= 4 is 28.2 Å². The maximum Gasteiger partial charge on any atom is 0.0934 e. The number of aromatic nitrogens is 1. The van der Waals surface area contributed by atoms with E-state index in [2.05, 4.69) is 21.3 Å². The number of hydrogen-bond donors (Lipinski definition) is 1. The molecule has 0 radical (unpaired) electrons. The summed E-state index contributed by atoms with van der Waals surface area (Å²) in [6, 6.07) is 9.33. The highest BCUT2D eigenvalue weighted by atomic mass is 35.5. The second kappa shape index (κ2) is 5.47. The average Bonchev–Trinajstić information content (AvgIpc) is 2.94. The number of nitrogens with zero attached hydrogens (tertiary/aromatic N) is 2. The van der Waals surface area contributed by atoms with Crippen molar-refractivity contribution in [3.63, 3.8) is 0 Å². The van der Waals surface area contributed by atoms with E-state index in [-0.39, 0.29) is 0 Å². The summed E-state index contributed by atoms with van der Waals surface area (Å²) in [5.74, 6) is 0. The van der Waals surface area contributed by atoms with Crippen molar-refractivity contribution in [1.29, 1.82) is 0 Å². The molecule has 0 amide bonds. The van der Waals surface area contributed by atoms with Gasteiger partial charge >= 0.3 is 0 Å². The van der Waals surface area contributed by atoms with E-state index in [0.717, 1.165) is 27.7 Å². The summed E-state index contributed by atoms with van der Waals surface area (Å²) in [6.45, 7) is 2.51. The van der Waals surface area contributed by atoms with E-state index in [0.29, 0.717) is 6.04 Å². The molecule has 0 spiro atoms. The molecule has 0 bridgehead atoms. The van der Waals surface area contributed by atoms with Crippen LogP contribution in [-0.2, 0) is 0 Å². The first-order valence-corrected chi connectivity index (χ1v) is 8.22. The van der Waals surface area contributed by atoms with Crippen LogP contribution < -0.4 is 5.32 Å². The van der Waals surface area contributed by atoms with Crippen molar-refractivity contribution < 1.29 is 0 Å². The fourth-order valence-electron chi connectivity index (χ4n) is 3.84. The van der Waals surface area contributed by atoms with Crippen molar-refractivity contribution in [2.24, 2.45) is 0 Å². The predicted octanol–water partition coefficient (Wildman–Crippen LogP) is 3.93. The van der Waals surface area contributed by atoms with E-state index in [9.17, 15) is 0 Å². The molecule has 4 heteroatoms. The zero-order valence-corrected chi connectivity index (χ0v) is 12.8. The SMILES string of the molecule is Clc1cc(NC2CCN3CCCC3C2)c2ncccc2c1. The van der Waals surface area contributed by atoms with Gasteiger partial charge in [0.05, 0.1) is 11.2 Å². The molecule has 110 valence electrons. The Hall–Kier alpha value is -1.32. The molecular formula is C17H20ClN3. The molecule has 2 atom stereocenters. The minimum Gasteiger partial charge on any atom is -0.380 e. The summed E-state index contributed by atoms with van der Waals surface area (Å²) in [6.07, 6.45) is 7.00. The van der Waals surface area contributed by atoms with E-state index in [1.807, 2.05) is 24.4 Å². The first kappa shape index (κ1) is 13.4. The zero-order valence-electron chi connectivity index (χ0n) is 12.1. The Bertz CT molecular complexity index is 658. The van der Waals surface area contributed by atoms with Crippen LogP contribution in [-0.4, -0.2) is 35.1 Å². The molecule has 0 aliphatic carbocycles. The molecule has 2 aliphatic rings. The lowest BCUT2D eigenvalue weighted by Crippen LogP contribution is -2.42. The molecule has 1 aromatic heterocycles. The van der Waals surface area contributed by atoms with Crippen molar-refractivity contribution in [3.05, 3.63) is 35.5 Å². The topological polar surface area (TPSA) is 28.2 Å². The van der Waals surface area contributed by atoms with Crippen LogP contribution in [0, 0.1) is 0 Å². The third-order valence-electron chi connectivity index (χ3n) is 4.85. The third kappa shape index (κ3) is 2.60. The van der Waals surface area contributed by atoms with Gasteiger partial charge in [-0.15, -0.1) is 0 Å². The maximum atomic E-state index is 6.25. The number of rotatable bonds is 2. The van der Waals surface area contributed by atoms with Crippen molar-refractivity contribution in [2.75, 3.05) is 18.4 Å². The number of nitrogens with one attached hydrogen (secondary N) is 1. The van der Waals surface area contributed by atoms with Crippen LogP contribution in [0.4, 0.5) is 5.69 Å². The Morgan fingerprint density at radius 1 is 1.24 bits per heavy atom. The van der Waals surface area contributed by atoms with Crippen LogP contribution in [0.5, 0.6) is 0 Å². The van der Waals surface area contributed by atoms with Crippen LogP contribution in [0.15, 0.2) is 30.5 Å². The fraction of sp³-hybridized carbons (Fsp3) is 0.471. The van der Waals surface area contributed by atoms with E-state index < -0.39 is 0 Å². The second-order valence-corrected chi connectivity index (χ2v) is 6.66. The van der Waals surface area contributed by atoms with Gasteiger partial charge in [-0.05, 0) is 50.4 Å². The van der Waals surface area contributed by atoms with Gasteiger partial charge in [0.25, 0.3) is 0 Å². The molecular weight excluding hydrogens is 282 g/mol. The number of fused-ring (bicyclic) bond motifs is 2. The number of hydrogen-bond acceptors (Lipinski definition) is 3. The highest BCUT2D eigenvalue weighted by Gasteiger charge is 2.31. The molecule has 2 aromatic rings. The molecule has 2 saturated heterocycles. The lowest BCUT2D eigenvalue weighted by Gasteiger charge is -2.35. The lowest BCUT2D eigenvalue weighted by atomic mass is 9.97. The van der Waals surface area contributed by atoms with Gasteiger partial charge in [-0.2, -0.15) is 0 Å². The number of benzene rings is 1. The van der Waals surface area contributed by atoms with E-state index >= 15 is 0 Å². The van der Waals surface area contributed by atoms with E-state index in [1.165, 1.54) is 38.8 Å². The number of piperidine rings is 1. The molecule has 4 rings (SSSR count). The third-order valence-corrected chi connectivity index (χ3v) is 5.07. The van der Waals surface area contributed by atoms with Gasteiger partial charge in [-0.3, -0.25) is 4.98 Å². The summed E-state index contributed by atoms with van der Waals surface area (Å²) in [5.41, 5.74) is 2.10. The Balaban J connectivity index is 1.59. The second-order valence-electron chi connectivity index (χ2n) is 6.23. The first-order chi connectivity index (χ1) is 10.3. The van der Waals surface area contributed by atoms with Gasteiger partial charge in [0.15, 0.2) is 0 Å². The summed E-state index contributed by atoms with van der Waals surface area (Å²) in [5, 5.41) is 5.58. The molecule has 3 nitrogen and oxygen atoms in total. The fourth-order valence-corrected chi connectivity index (χ4v) is 4.07. The minimum absolute atomic E-state index is 0.535. The summed E-state index contributed by atoms with van der Waals surface area (Å²) >= 11 is 6.25. The molecule has 1 N–H and O–H groups in total. The summed E-state index contributed by atoms with van der Waals surface area (Å²) in [4.78, 5) is 7.17. The van der Waals surface area contributed by atoms with E-state index in [1.54, 1.807) is 0 Å². The number of pyridine rings is 1. The van der Waals surface area contributed by atoms with E-state index in [4.69, 9.17) is 11.6 Å². The molecule has 3 heterocycles. The van der Waals surface area contributed by atoms with Crippen LogP contribution in [0.25, 0.3) is 10.9 Å². The molecule has 2 fully saturated rings. The molecule has 21 heavy (non-hydrogen) atoms. The standard InChI is InChI=1S/C17H20ClN3/c18-13-9-12-3-1-6-19-17(12)16(10-13)20-14-5-8-21-7-2-4-15(21)11-14/h1,3,6,9-10,14-15,20H,2,4-5,7-8,11H2. The van der Waals surface area contributed by atoms with Gasteiger partial charge in [-0.25, -0.2) is 0 Å². The average molecular weight is 302 g/mol. The molecule has 2 unspecified atom stereocenters. The van der Waals surface area contributed by atoms with Gasteiger partial charge in [-0.1, -0.05) is 17.7 Å². The number of anilines is 1. The Morgan fingerprint density at radius 3 is 3.14 bits per heavy atom. The minimum atomic E-state index is 0.535. The van der Waals surface area contributed by atoms with Crippen LogP contribution >= 0.6 is 11.6 Å². The van der Waals surface area contributed by atoms with Crippen molar-refractivity contribution in [3.8, 4) is 0 Å². The molecule has 2 aliphatic heterocycles. The first-order valence-electron chi connectivity index (χ1n) is 7.84. The van der Waals surface area contributed by atoms with Crippen molar-refractivity contribution in [2.45, 2.75) is 37.8 Å². The Kier molecular flexibility index (Phi) is 3.48. The Morgan fingerprint density at radius 2 is 2.19 bits per heavy atom. The predicted molar refractivity (Wildman–Crippen MR) is 88.0 cm³/mol. The smallest absolute Gasteiger partial charge is 0.0934 e. The monoisotopic (exact) mass is 301 g/mol. The Labute approximate surface area is 130 Å². The summed E-state index contributed by atoms with van der Waals surface area (Å²) in [7, 11) is 0. The van der Waals surface area contributed by atoms with Gasteiger partial charge in [0.1, 0.15) is 0 Å². The number of halogens is 1. The zero-order chi connectivity index (χ0) is 14.2. The van der Waals surface area contributed by atoms with Gasteiger partial charge in [0, 0.05) is 35.2 Å². The highest BCUT2D eigenvalue weighted by Crippen LogP contribution is 2.31. The van der Waals surface area contributed by atoms with Crippen LogP contribution in [0.1, 0.15) is 25.7 Å². The van der Waals surface area contributed by atoms with Crippen LogP contribution in [0.2, 0.25) is 5.02 Å². The quantitative estimate of drug-likeness (QED) is 0.911. The lowest BCUT2D eigenvalue weighted by molar-refractivity contribution is 0.188. The van der Waals surface area contributed by atoms with Gasteiger partial charge in [0.2, 0.25) is 0 Å². The summed E-state index contributed by atoms with van der Waals surface area (Å²) < 4.78 is 0. The molecule has 1 aromatic carbocycles. The van der Waals surface area contributed by atoms with Crippen LogP contribution in [0.3, 0.4) is 0 Å². The molecule has 0 saturated carbocycles. The largest absolute Gasteiger partial charge is 0.380 e. The maximum absolute atomic E-state index is 6.25. The highest BCUT2D eigenvalue weighted by molar-refractivity contribution is 6.31. The van der Waals surface area contributed by atoms with Gasteiger partial charge < -0.3 is 10.2 Å². The normalized spacial score (nSPS) is 26.0.